The zero-order valence-corrected chi connectivity index (χ0v) is 12.5. The number of benzene rings is 1. The molecule has 5 nitrogen and oxygen atoms in total. The number of guanidine groups is 1. The minimum Gasteiger partial charge on any atom is -0.465 e. The average molecular weight is 289 g/mol. The molecule has 0 bridgehead atoms. The molecule has 0 aliphatic heterocycles. The summed E-state index contributed by atoms with van der Waals surface area (Å²) < 4.78 is 4.67. The quantitative estimate of drug-likeness (QED) is 0.475. The molecular formula is C16H23N3O2. The lowest BCUT2D eigenvalue weighted by Crippen LogP contribution is -2.34. The van der Waals surface area contributed by atoms with Gasteiger partial charge in [0.1, 0.15) is 0 Å². The summed E-state index contributed by atoms with van der Waals surface area (Å²) in [6, 6.07) is 7.40. The molecule has 0 saturated heterocycles. The van der Waals surface area contributed by atoms with Crippen LogP contribution in [0.3, 0.4) is 0 Å². The zero-order valence-electron chi connectivity index (χ0n) is 12.5. The second kappa shape index (κ2) is 7.67. The number of nitrogens with two attached hydrogens (primary N) is 1. The SMILES string of the molecule is COC(=O)c1ccc(CCNC(N)=NCC2CCC2)cc1. The molecule has 0 atom stereocenters. The number of rotatable bonds is 6. The van der Waals surface area contributed by atoms with E-state index in [1.165, 1.54) is 26.4 Å². The first-order chi connectivity index (χ1) is 10.2. The molecular weight excluding hydrogens is 266 g/mol. The van der Waals surface area contributed by atoms with E-state index in [1.807, 2.05) is 12.1 Å². The Hall–Kier alpha value is -2.04. The van der Waals surface area contributed by atoms with Crippen molar-refractivity contribution in [2.45, 2.75) is 25.7 Å². The van der Waals surface area contributed by atoms with Gasteiger partial charge in [0.05, 0.1) is 12.7 Å². The standard InChI is InChI=1S/C16H23N3O2/c1-21-15(20)14-7-5-12(6-8-14)9-10-18-16(17)19-11-13-3-2-4-13/h5-8,13H,2-4,9-11H2,1H3,(H3,17,18,19). The molecule has 114 valence electrons. The predicted octanol–water partition coefficient (Wildman–Crippen LogP) is 1.72. The number of ether oxygens (including phenoxy) is 1. The van der Waals surface area contributed by atoms with Crippen LogP contribution in [0.5, 0.6) is 0 Å². The van der Waals surface area contributed by atoms with Gasteiger partial charge in [-0.05, 0) is 42.9 Å². The fourth-order valence-corrected chi connectivity index (χ4v) is 2.22. The predicted molar refractivity (Wildman–Crippen MR) is 83.3 cm³/mol. The fourth-order valence-electron chi connectivity index (χ4n) is 2.22. The number of esters is 1. The molecule has 0 amide bonds. The molecule has 0 heterocycles. The fraction of sp³-hybridized carbons (Fsp3) is 0.500. The van der Waals surface area contributed by atoms with Crippen molar-refractivity contribution in [3.8, 4) is 0 Å². The maximum atomic E-state index is 11.3. The van der Waals surface area contributed by atoms with Gasteiger partial charge in [-0.1, -0.05) is 18.6 Å². The van der Waals surface area contributed by atoms with Gasteiger partial charge in [-0.25, -0.2) is 4.79 Å². The van der Waals surface area contributed by atoms with Gasteiger partial charge in [-0.3, -0.25) is 4.99 Å². The molecule has 1 fully saturated rings. The van der Waals surface area contributed by atoms with E-state index < -0.39 is 0 Å². The van der Waals surface area contributed by atoms with E-state index in [0.717, 1.165) is 31.0 Å². The van der Waals surface area contributed by atoms with Crippen LogP contribution in [-0.4, -0.2) is 32.1 Å². The summed E-state index contributed by atoms with van der Waals surface area (Å²) in [6.45, 7) is 1.57. The normalized spacial score (nSPS) is 15.4. The third kappa shape index (κ3) is 4.77. The van der Waals surface area contributed by atoms with E-state index in [2.05, 4.69) is 15.0 Å². The smallest absolute Gasteiger partial charge is 0.337 e. The summed E-state index contributed by atoms with van der Waals surface area (Å²) in [7, 11) is 1.38. The Bertz CT molecular complexity index is 493. The molecule has 3 N–H and O–H groups in total. The Morgan fingerprint density at radius 2 is 2.10 bits per heavy atom. The Kier molecular flexibility index (Phi) is 5.60. The van der Waals surface area contributed by atoms with E-state index in [4.69, 9.17) is 5.73 Å². The second-order valence-corrected chi connectivity index (χ2v) is 5.39. The molecule has 0 aromatic heterocycles. The van der Waals surface area contributed by atoms with Crippen LogP contribution in [0, 0.1) is 5.92 Å². The highest BCUT2D eigenvalue weighted by molar-refractivity contribution is 5.89. The first-order valence-corrected chi connectivity index (χ1v) is 7.40. The van der Waals surface area contributed by atoms with Crippen LogP contribution in [0.2, 0.25) is 0 Å². The van der Waals surface area contributed by atoms with Gasteiger partial charge in [0.25, 0.3) is 0 Å². The van der Waals surface area contributed by atoms with Gasteiger partial charge in [-0.2, -0.15) is 0 Å². The number of nitrogens with zero attached hydrogens (tertiary/aromatic N) is 1. The van der Waals surface area contributed by atoms with E-state index in [9.17, 15) is 4.79 Å². The number of methoxy groups -OCH3 is 1. The number of hydrogen-bond donors (Lipinski definition) is 2. The lowest BCUT2D eigenvalue weighted by Gasteiger charge is -2.23. The van der Waals surface area contributed by atoms with Crippen LogP contribution >= 0.6 is 0 Å². The van der Waals surface area contributed by atoms with Gasteiger partial charge in [0.15, 0.2) is 5.96 Å². The number of carbonyl (C=O) groups is 1. The van der Waals surface area contributed by atoms with Crippen LogP contribution in [0.4, 0.5) is 0 Å². The maximum absolute atomic E-state index is 11.3. The molecule has 1 aliphatic carbocycles. The van der Waals surface area contributed by atoms with Crippen molar-refractivity contribution in [3.05, 3.63) is 35.4 Å². The summed E-state index contributed by atoms with van der Waals surface area (Å²) >= 11 is 0. The van der Waals surface area contributed by atoms with Crippen molar-refractivity contribution in [2.24, 2.45) is 16.6 Å². The first-order valence-electron chi connectivity index (χ1n) is 7.40. The van der Waals surface area contributed by atoms with Crippen molar-refractivity contribution in [1.82, 2.24) is 5.32 Å². The van der Waals surface area contributed by atoms with Crippen molar-refractivity contribution in [2.75, 3.05) is 20.2 Å². The van der Waals surface area contributed by atoms with Crippen molar-refractivity contribution < 1.29 is 9.53 Å². The number of aliphatic imine (C=N–C) groups is 1. The lowest BCUT2D eigenvalue weighted by molar-refractivity contribution is 0.0600. The summed E-state index contributed by atoms with van der Waals surface area (Å²) in [6.07, 6.45) is 4.73. The van der Waals surface area contributed by atoms with Crippen LogP contribution in [0.1, 0.15) is 35.2 Å². The first kappa shape index (κ1) is 15.4. The van der Waals surface area contributed by atoms with E-state index >= 15 is 0 Å². The second-order valence-electron chi connectivity index (χ2n) is 5.39. The third-order valence-corrected chi connectivity index (χ3v) is 3.84. The maximum Gasteiger partial charge on any atom is 0.337 e. The monoisotopic (exact) mass is 289 g/mol. The Morgan fingerprint density at radius 1 is 1.38 bits per heavy atom. The molecule has 1 aromatic carbocycles. The molecule has 1 saturated carbocycles. The van der Waals surface area contributed by atoms with Gasteiger partial charge in [0, 0.05) is 13.1 Å². The van der Waals surface area contributed by atoms with Gasteiger partial charge in [0.2, 0.25) is 0 Å². The van der Waals surface area contributed by atoms with E-state index in [0.29, 0.717) is 11.5 Å². The van der Waals surface area contributed by atoms with Gasteiger partial charge < -0.3 is 15.8 Å². The number of nitrogens with one attached hydrogen (secondary N) is 1. The zero-order chi connectivity index (χ0) is 15.1. The van der Waals surface area contributed by atoms with Crippen LogP contribution < -0.4 is 11.1 Å². The number of hydrogen-bond acceptors (Lipinski definition) is 3. The molecule has 1 aliphatic rings. The van der Waals surface area contributed by atoms with Crippen LogP contribution in [-0.2, 0) is 11.2 Å². The Balaban J connectivity index is 1.71. The molecule has 1 aromatic rings. The minimum absolute atomic E-state index is 0.313. The van der Waals surface area contributed by atoms with Crippen molar-refractivity contribution >= 4 is 11.9 Å². The van der Waals surface area contributed by atoms with Crippen LogP contribution in [0.15, 0.2) is 29.3 Å². The number of carbonyl (C=O) groups excluding carboxylic acids is 1. The van der Waals surface area contributed by atoms with E-state index in [1.54, 1.807) is 12.1 Å². The highest BCUT2D eigenvalue weighted by atomic mass is 16.5. The Labute approximate surface area is 125 Å². The largest absolute Gasteiger partial charge is 0.465 e. The molecule has 0 unspecified atom stereocenters. The van der Waals surface area contributed by atoms with E-state index in [-0.39, 0.29) is 5.97 Å². The summed E-state index contributed by atoms with van der Waals surface area (Å²) in [5.41, 5.74) is 7.53. The van der Waals surface area contributed by atoms with Crippen molar-refractivity contribution in [1.29, 1.82) is 0 Å². The summed E-state index contributed by atoms with van der Waals surface area (Å²) in [4.78, 5) is 15.7. The highest BCUT2D eigenvalue weighted by Gasteiger charge is 2.16. The summed E-state index contributed by atoms with van der Waals surface area (Å²) in [5.74, 6) is 0.941. The van der Waals surface area contributed by atoms with Crippen LogP contribution in [0.25, 0.3) is 0 Å². The van der Waals surface area contributed by atoms with Gasteiger partial charge in [-0.15, -0.1) is 0 Å². The highest BCUT2D eigenvalue weighted by Crippen LogP contribution is 2.26. The van der Waals surface area contributed by atoms with Gasteiger partial charge >= 0.3 is 5.97 Å². The average Bonchev–Trinajstić information content (AvgIpc) is 2.45. The lowest BCUT2D eigenvalue weighted by atomic mass is 9.86. The molecule has 2 rings (SSSR count). The minimum atomic E-state index is -0.313. The van der Waals surface area contributed by atoms with Crippen molar-refractivity contribution in [3.63, 3.8) is 0 Å². The topological polar surface area (TPSA) is 76.7 Å². The molecule has 21 heavy (non-hydrogen) atoms. The summed E-state index contributed by atoms with van der Waals surface area (Å²) in [5, 5.41) is 3.12. The molecule has 5 heteroatoms. The molecule has 0 radical (unpaired) electrons. The molecule has 0 spiro atoms. The Morgan fingerprint density at radius 3 is 2.67 bits per heavy atom. The third-order valence-electron chi connectivity index (χ3n) is 3.84.